The van der Waals surface area contributed by atoms with Crippen LogP contribution in [0.5, 0.6) is 0 Å². The van der Waals surface area contributed by atoms with Crippen LogP contribution in [0.1, 0.15) is 44.6 Å². The maximum atomic E-state index is 12.4. The number of nitrogens with one attached hydrogen (secondary N) is 1. The summed E-state index contributed by atoms with van der Waals surface area (Å²) in [5.74, 6) is 0.689. The first kappa shape index (κ1) is 15.3. The maximum absolute atomic E-state index is 12.4. The lowest BCUT2D eigenvalue weighted by Crippen LogP contribution is -2.34. The number of sulfonamides is 1. The molecule has 3 N–H and O–H groups in total. The first-order chi connectivity index (χ1) is 9.38. The summed E-state index contributed by atoms with van der Waals surface area (Å²) in [5.41, 5.74) is 7.13. The molecule has 0 spiro atoms. The van der Waals surface area contributed by atoms with E-state index in [0.717, 1.165) is 31.2 Å². The topological polar surface area (TPSA) is 72.2 Å². The number of rotatable bonds is 3. The molecule has 1 fully saturated rings. The Kier molecular flexibility index (Phi) is 4.70. The van der Waals surface area contributed by atoms with Crippen molar-refractivity contribution in [1.82, 2.24) is 4.72 Å². The van der Waals surface area contributed by atoms with Gasteiger partial charge in [-0.1, -0.05) is 25.8 Å². The quantitative estimate of drug-likeness (QED) is 0.665. The van der Waals surface area contributed by atoms with Crippen LogP contribution in [0.25, 0.3) is 0 Å². The summed E-state index contributed by atoms with van der Waals surface area (Å²) >= 11 is 0. The third kappa shape index (κ3) is 3.73. The number of benzene rings is 1. The SMILES string of the molecule is Cc1ccc(S(=O)(=O)NC2CCCC(C)CC2)c(N)c1. The average molecular weight is 296 g/mol. The fraction of sp³-hybridized carbons (Fsp3) is 0.600. The minimum Gasteiger partial charge on any atom is -0.398 e. The summed E-state index contributed by atoms with van der Waals surface area (Å²) in [5, 5.41) is 0. The molecule has 2 unspecified atom stereocenters. The Morgan fingerprint density at radius 2 is 1.95 bits per heavy atom. The van der Waals surface area contributed by atoms with Crippen LogP contribution < -0.4 is 10.5 Å². The first-order valence-electron chi connectivity index (χ1n) is 7.27. The molecule has 1 aromatic rings. The normalized spacial score (nSPS) is 24.3. The Hall–Kier alpha value is -1.07. The average Bonchev–Trinajstić information content (AvgIpc) is 2.53. The van der Waals surface area contributed by atoms with E-state index in [4.69, 9.17) is 5.73 Å². The largest absolute Gasteiger partial charge is 0.398 e. The number of hydrogen-bond donors (Lipinski definition) is 2. The fourth-order valence-electron chi connectivity index (χ4n) is 2.80. The minimum absolute atomic E-state index is 0.0330. The van der Waals surface area contributed by atoms with Crippen molar-refractivity contribution in [2.75, 3.05) is 5.73 Å². The minimum atomic E-state index is -3.52. The second-order valence-electron chi connectivity index (χ2n) is 5.97. The molecule has 2 atom stereocenters. The second-order valence-corrected chi connectivity index (χ2v) is 7.66. The Bertz CT molecular complexity index is 569. The summed E-state index contributed by atoms with van der Waals surface area (Å²) in [6.45, 7) is 4.13. The highest BCUT2D eigenvalue weighted by molar-refractivity contribution is 7.89. The van der Waals surface area contributed by atoms with Gasteiger partial charge in [0, 0.05) is 6.04 Å². The van der Waals surface area contributed by atoms with Crippen LogP contribution >= 0.6 is 0 Å². The number of nitrogens with two attached hydrogens (primary N) is 1. The van der Waals surface area contributed by atoms with Gasteiger partial charge < -0.3 is 5.73 Å². The van der Waals surface area contributed by atoms with Gasteiger partial charge in [-0.3, -0.25) is 0 Å². The molecule has 112 valence electrons. The molecule has 0 amide bonds. The molecular weight excluding hydrogens is 272 g/mol. The molecule has 4 nitrogen and oxygen atoms in total. The first-order valence-corrected chi connectivity index (χ1v) is 8.75. The fourth-order valence-corrected chi connectivity index (χ4v) is 4.22. The Labute approximate surface area is 121 Å². The van der Waals surface area contributed by atoms with E-state index >= 15 is 0 Å². The number of hydrogen-bond acceptors (Lipinski definition) is 3. The zero-order valence-corrected chi connectivity index (χ0v) is 13.0. The van der Waals surface area contributed by atoms with E-state index in [2.05, 4.69) is 11.6 Å². The number of aryl methyl sites for hydroxylation is 1. The molecule has 1 aliphatic rings. The van der Waals surface area contributed by atoms with Crippen molar-refractivity contribution in [3.63, 3.8) is 0 Å². The van der Waals surface area contributed by atoms with Crippen LogP contribution in [0.4, 0.5) is 5.69 Å². The lowest BCUT2D eigenvalue weighted by atomic mass is 10.0. The monoisotopic (exact) mass is 296 g/mol. The van der Waals surface area contributed by atoms with Gasteiger partial charge in [0.2, 0.25) is 10.0 Å². The third-order valence-electron chi connectivity index (χ3n) is 4.03. The molecule has 0 aromatic heterocycles. The van der Waals surface area contributed by atoms with Gasteiger partial charge in [0.25, 0.3) is 0 Å². The second kappa shape index (κ2) is 6.14. The summed E-state index contributed by atoms with van der Waals surface area (Å²) < 4.78 is 27.7. The smallest absolute Gasteiger partial charge is 0.242 e. The van der Waals surface area contributed by atoms with Crippen LogP contribution in [0, 0.1) is 12.8 Å². The van der Waals surface area contributed by atoms with Crippen LogP contribution in [0.2, 0.25) is 0 Å². The molecule has 0 heterocycles. The van der Waals surface area contributed by atoms with E-state index in [1.807, 2.05) is 6.92 Å². The summed E-state index contributed by atoms with van der Waals surface area (Å²) in [6, 6.07) is 5.10. The standard InChI is InChI=1S/C15H24N2O2S/c1-11-4-3-5-13(8-6-11)17-20(18,19)15-9-7-12(2)10-14(15)16/h7,9-11,13,17H,3-6,8,16H2,1-2H3. The number of nitrogen functional groups attached to an aromatic ring is 1. The molecule has 5 heteroatoms. The molecular formula is C15H24N2O2S. The van der Waals surface area contributed by atoms with Gasteiger partial charge in [0.05, 0.1) is 5.69 Å². The van der Waals surface area contributed by atoms with E-state index in [1.54, 1.807) is 18.2 Å². The van der Waals surface area contributed by atoms with Crippen LogP contribution in [-0.2, 0) is 10.0 Å². The summed E-state index contributed by atoms with van der Waals surface area (Å²) in [7, 11) is -3.52. The van der Waals surface area contributed by atoms with E-state index in [-0.39, 0.29) is 10.9 Å². The van der Waals surface area contributed by atoms with E-state index in [1.165, 1.54) is 6.42 Å². The molecule has 1 aromatic carbocycles. The lowest BCUT2D eigenvalue weighted by molar-refractivity contribution is 0.484. The van der Waals surface area contributed by atoms with Crippen LogP contribution in [-0.4, -0.2) is 14.5 Å². The van der Waals surface area contributed by atoms with E-state index in [0.29, 0.717) is 11.6 Å². The van der Waals surface area contributed by atoms with Crippen LogP contribution in [0.3, 0.4) is 0 Å². The van der Waals surface area contributed by atoms with E-state index < -0.39 is 10.0 Å². The molecule has 0 radical (unpaired) electrons. The Morgan fingerprint density at radius 1 is 1.20 bits per heavy atom. The predicted octanol–water partition coefficient (Wildman–Crippen LogP) is 2.82. The van der Waals surface area contributed by atoms with Crippen molar-refractivity contribution >= 4 is 15.7 Å². The van der Waals surface area contributed by atoms with Crippen molar-refractivity contribution in [2.45, 2.75) is 56.9 Å². The van der Waals surface area contributed by atoms with Gasteiger partial charge >= 0.3 is 0 Å². The highest BCUT2D eigenvalue weighted by Crippen LogP contribution is 2.25. The van der Waals surface area contributed by atoms with Gasteiger partial charge in [0.1, 0.15) is 4.90 Å². The predicted molar refractivity (Wildman–Crippen MR) is 81.9 cm³/mol. The van der Waals surface area contributed by atoms with Crippen LogP contribution in [0.15, 0.2) is 23.1 Å². The van der Waals surface area contributed by atoms with Crippen molar-refractivity contribution < 1.29 is 8.42 Å². The van der Waals surface area contributed by atoms with Crippen molar-refractivity contribution in [3.05, 3.63) is 23.8 Å². The molecule has 20 heavy (non-hydrogen) atoms. The van der Waals surface area contributed by atoms with Gasteiger partial charge in [-0.25, -0.2) is 13.1 Å². The maximum Gasteiger partial charge on any atom is 0.242 e. The van der Waals surface area contributed by atoms with Gasteiger partial charge in [-0.05, 0) is 49.8 Å². The Morgan fingerprint density at radius 3 is 2.65 bits per heavy atom. The summed E-state index contributed by atoms with van der Waals surface area (Å²) in [4.78, 5) is 0.195. The number of anilines is 1. The van der Waals surface area contributed by atoms with Gasteiger partial charge in [-0.15, -0.1) is 0 Å². The molecule has 1 saturated carbocycles. The lowest BCUT2D eigenvalue weighted by Gasteiger charge is -2.17. The Balaban J connectivity index is 2.14. The molecule has 0 bridgehead atoms. The third-order valence-corrected chi connectivity index (χ3v) is 5.63. The zero-order valence-electron chi connectivity index (χ0n) is 12.2. The molecule has 0 saturated heterocycles. The van der Waals surface area contributed by atoms with Crippen molar-refractivity contribution in [3.8, 4) is 0 Å². The zero-order chi connectivity index (χ0) is 14.8. The molecule has 1 aliphatic carbocycles. The van der Waals surface area contributed by atoms with Gasteiger partial charge in [-0.2, -0.15) is 0 Å². The molecule has 2 rings (SSSR count). The van der Waals surface area contributed by atoms with Crippen molar-refractivity contribution in [2.24, 2.45) is 5.92 Å². The van der Waals surface area contributed by atoms with Gasteiger partial charge in [0.15, 0.2) is 0 Å². The highest BCUT2D eigenvalue weighted by atomic mass is 32.2. The van der Waals surface area contributed by atoms with Crippen molar-refractivity contribution in [1.29, 1.82) is 0 Å². The van der Waals surface area contributed by atoms with E-state index in [9.17, 15) is 8.42 Å². The highest BCUT2D eigenvalue weighted by Gasteiger charge is 2.24. The molecule has 0 aliphatic heterocycles. The summed E-state index contributed by atoms with van der Waals surface area (Å²) in [6.07, 6.45) is 5.17.